The molecule has 0 amide bonds. The van der Waals surface area contributed by atoms with Gasteiger partial charge in [0.2, 0.25) is 6.79 Å². The summed E-state index contributed by atoms with van der Waals surface area (Å²) in [7, 11) is 0. The highest BCUT2D eigenvalue weighted by Crippen LogP contribution is 2.35. The van der Waals surface area contributed by atoms with Gasteiger partial charge < -0.3 is 14.4 Å². The molecule has 1 atom stereocenters. The zero-order valence-electron chi connectivity index (χ0n) is 12.7. The number of benzene rings is 1. The average Bonchev–Trinajstić information content (AvgIpc) is 3.13. The molecule has 116 valence electrons. The third-order valence-electron chi connectivity index (χ3n) is 4.91. The number of nitrogens with zero attached hydrogens (tertiary/aromatic N) is 1. The maximum atomic E-state index is 11.6. The Hall–Kier alpha value is -1.97. The largest absolute Gasteiger partial charge is 0.454 e. The van der Waals surface area contributed by atoms with E-state index >= 15 is 0 Å². The van der Waals surface area contributed by atoms with Gasteiger partial charge in [0.1, 0.15) is 0 Å². The molecule has 0 bridgehead atoms. The number of hydrogen-bond donors (Lipinski definition) is 0. The van der Waals surface area contributed by atoms with Crippen LogP contribution in [0.2, 0.25) is 0 Å². The standard InChI is InChI=1S/C18H21NO3/c20-15-5-4-14-7-9-19(16(14)11-15)8-1-2-13-3-6-17-18(10-13)22-12-21-17/h3,6,10-11,14H,1-2,4-5,7-9,12H2. The van der Waals surface area contributed by atoms with Crippen LogP contribution >= 0.6 is 0 Å². The third-order valence-corrected chi connectivity index (χ3v) is 4.91. The topological polar surface area (TPSA) is 38.8 Å². The van der Waals surface area contributed by atoms with E-state index in [0.717, 1.165) is 50.3 Å². The molecular formula is C18H21NO3. The van der Waals surface area contributed by atoms with E-state index in [0.29, 0.717) is 18.5 Å². The van der Waals surface area contributed by atoms with Gasteiger partial charge in [-0.3, -0.25) is 4.79 Å². The molecule has 1 aromatic carbocycles. The molecule has 2 heterocycles. The van der Waals surface area contributed by atoms with Gasteiger partial charge in [-0.15, -0.1) is 0 Å². The Morgan fingerprint density at radius 2 is 2.09 bits per heavy atom. The van der Waals surface area contributed by atoms with Gasteiger partial charge in [-0.2, -0.15) is 0 Å². The van der Waals surface area contributed by atoms with Crippen LogP contribution in [0.15, 0.2) is 30.0 Å². The molecule has 2 aliphatic heterocycles. The van der Waals surface area contributed by atoms with Gasteiger partial charge in [0, 0.05) is 37.2 Å². The predicted molar refractivity (Wildman–Crippen MR) is 82.9 cm³/mol. The summed E-state index contributed by atoms with van der Waals surface area (Å²) in [6, 6.07) is 6.19. The first-order chi connectivity index (χ1) is 10.8. The Morgan fingerprint density at radius 3 is 3.05 bits per heavy atom. The molecule has 3 aliphatic rings. The van der Waals surface area contributed by atoms with Gasteiger partial charge in [-0.05, 0) is 43.4 Å². The number of fused-ring (bicyclic) bond motifs is 2. The van der Waals surface area contributed by atoms with E-state index in [2.05, 4.69) is 17.0 Å². The lowest BCUT2D eigenvalue weighted by Crippen LogP contribution is -2.23. The normalized spacial score (nSPS) is 22.7. The second-order valence-electron chi connectivity index (χ2n) is 6.34. The zero-order valence-corrected chi connectivity index (χ0v) is 12.7. The van der Waals surface area contributed by atoms with Crippen LogP contribution in [0.25, 0.3) is 0 Å². The number of allylic oxidation sites excluding steroid dienone is 2. The lowest BCUT2D eigenvalue weighted by Gasteiger charge is -2.24. The summed E-state index contributed by atoms with van der Waals surface area (Å²) in [5.41, 5.74) is 2.58. The van der Waals surface area contributed by atoms with E-state index in [1.807, 2.05) is 12.1 Å². The smallest absolute Gasteiger partial charge is 0.231 e. The van der Waals surface area contributed by atoms with Crippen molar-refractivity contribution in [1.82, 2.24) is 4.90 Å². The lowest BCUT2D eigenvalue weighted by molar-refractivity contribution is -0.115. The molecule has 1 saturated heterocycles. The van der Waals surface area contributed by atoms with E-state index in [9.17, 15) is 4.79 Å². The molecule has 4 rings (SSSR count). The first-order valence-electron chi connectivity index (χ1n) is 8.17. The summed E-state index contributed by atoms with van der Waals surface area (Å²) in [6.07, 6.45) is 7.00. The minimum Gasteiger partial charge on any atom is -0.454 e. The fourth-order valence-electron chi connectivity index (χ4n) is 3.71. The summed E-state index contributed by atoms with van der Waals surface area (Å²) >= 11 is 0. The first kappa shape index (κ1) is 13.7. The van der Waals surface area contributed by atoms with Crippen molar-refractivity contribution in [1.29, 1.82) is 0 Å². The van der Waals surface area contributed by atoms with Gasteiger partial charge in [-0.1, -0.05) is 6.07 Å². The average molecular weight is 299 g/mol. The second kappa shape index (κ2) is 5.67. The van der Waals surface area contributed by atoms with Crippen molar-refractivity contribution in [2.75, 3.05) is 19.9 Å². The molecule has 0 radical (unpaired) electrons. The van der Waals surface area contributed by atoms with E-state index < -0.39 is 0 Å². The maximum absolute atomic E-state index is 11.6. The van der Waals surface area contributed by atoms with Crippen molar-refractivity contribution < 1.29 is 14.3 Å². The summed E-state index contributed by atoms with van der Waals surface area (Å²) < 4.78 is 10.8. The number of ketones is 1. The van der Waals surface area contributed by atoms with Crippen molar-refractivity contribution >= 4 is 5.78 Å². The Kier molecular flexibility index (Phi) is 3.53. The molecule has 1 aromatic rings. The van der Waals surface area contributed by atoms with Gasteiger partial charge in [0.05, 0.1) is 0 Å². The zero-order chi connectivity index (χ0) is 14.9. The van der Waals surface area contributed by atoms with Crippen molar-refractivity contribution in [3.8, 4) is 11.5 Å². The molecule has 0 spiro atoms. The highest BCUT2D eigenvalue weighted by molar-refractivity contribution is 5.91. The van der Waals surface area contributed by atoms with Gasteiger partial charge in [-0.25, -0.2) is 0 Å². The summed E-state index contributed by atoms with van der Waals surface area (Å²) in [5.74, 6) is 2.63. The van der Waals surface area contributed by atoms with E-state index in [4.69, 9.17) is 9.47 Å². The first-order valence-corrected chi connectivity index (χ1v) is 8.17. The van der Waals surface area contributed by atoms with Crippen molar-refractivity contribution in [3.05, 3.63) is 35.5 Å². The molecular weight excluding hydrogens is 278 g/mol. The minimum atomic E-state index is 0.300. The van der Waals surface area contributed by atoms with Crippen molar-refractivity contribution in [3.63, 3.8) is 0 Å². The molecule has 1 unspecified atom stereocenters. The Bertz CT molecular complexity index is 623. The summed E-state index contributed by atoms with van der Waals surface area (Å²) in [5, 5.41) is 0. The number of rotatable bonds is 4. The Balaban J connectivity index is 1.34. The molecule has 0 N–H and O–H groups in total. The minimum absolute atomic E-state index is 0.300. The molecule has 1 aliphatic carbocycles. The molecule has 0 aromatic heterocycles. The van der Waals surface area contributed by atoms with Gasteiger partial charge in [0.15, 0.2) is 17.3 Å². The van der Waals surface area contributed by atoms with Crippen molar-refractivity contribution in [2.24, 2.45) is 5.92 Å². The molecule has 4 heteroatoms. The van der Waals surface area contributed by atoms with Crippen LogP contribution < -0.4 is 9.47 Å². The van der Waals surface area contributed by atoms with Crippen LogP contribution in [0.3, 0.4) is 0 Å². The number of likely N-dealkylation sites (tertiary alicyclic amines) is 1. The van der Waals surface area contributed by atoms with Crippen LogP contribution in [0, 0.1) is 5.92 Å². The van der Waals surface area contributed by atoms with Gasteiger partial charge >= 0.3 is 0 Å². The highest BCUT2D eigenvalue weighted by Gasteiger charge is 2.30. The number of carbonyl (C=O) groups excluding carboxylic acids is 1. The number of aryl methyl sites for hydroxylation is 1. The molecule has 0 saturated carbocycles. The molecule has 1 fully saturated rings. The van der Waals surface area contributed by atoms with Crippen molar-refractivity contribution in [2.45, 2.75) is 32.1 Å². The highest BCUT2D eigenvalue weighted by atomic mass is 16.7. The SMILES string of the molecule is O=C1C=C2C(CC1)CCN2CCCc1ccc2c(c1)OCO2. The Labute approximate surface area is 130 Å². The number of ether oxygens (including phenoxy) is 2. The number of carbonyl (C=O) groups is 1. The van der Waals surface area contributed by atoms with Crippen LogP contribution in [0.4, 0.5) is 0 Å². The quantitative estimate of drug-likeness (QED) is 0.857. The fraction of sp³-hybridized carbons (Fsp3) is 0.500. The lowest BCUT2D eigenvalue weighted by atomic mass is 9.92. The summed E-state index contributed by atoms with van der Waals surface area (Å²) in [6.45, 7) is 2.46. The molecule has 22 heavy (non-hydrogen) atoms. The van der Waals surface area contributed by atoms with E-state index in [-0.39, 0.29) is 0 Å². The number of hydrogen-bond acceptors (Lipinski definition) is 4. The monoisotopic (exact) mass is 299 g/mol. The van der Waals surface area contributed by atoms with Gasteiger partial charge in [0.25, 0.3) is 0 Å². The second-order valence-corrected chi connectivity index (χ2v) is 6.34. The predicted octanol–water partition coefficient (Wildman–Crippen LogP) is 2.92. The van der Waals surface area contributed by atoms with Crippen LogP contribution in [0.5, 0.6) is 11.5 Å². The summed E-state index contributed by atoms with van der Waals surface area (Å²) in [4.78, 5) is 14.0. The Morgan fingerprint density at radius 1 is 1.18 bits per heavy atom. The molecule has 4 nitrogen and oxygen atoms in total. The van der Waals surface area contributed by atoms with Crippen LogP contribution in [-0.4, -0.2) is 30.6 Å². The fourth-order valence-corrected chi connectivity index (χ4v) is 3.71. The van der Waals surface area contributed by atoms with E-state index in [1.165, 1.54) is 17.7 Å². The van der Waals surface area contributed by atoms with Crippen LogP contribution in [-0.2, 0) is 11.2 Å². The van der Waals surface area contributed by atoms with Crippen LogP contribution in [0.1, 0.15) is 31.2 Å². The maximum Gasteiger partial charge on any atom is 0.231 e. The third kappa shape index (κ3) is 2.58. The van der Waals surface area contributed by atoms with E-state index in [1.54, 1.807) is 0 Å².